The Morgan fingerprint density at radius 1 is 1.82 bits per heavy atom. The highest BCUT2D eigenvalue weighted by atomic mass is 32.1. The Hall–Kier alpha value is -0.710. The van der Waals surface area contributed by atoms with Gasteiger partial charge in [-0.2, -0.15) is 12.6 Å². The van der Waals surface area contributed by atoms with Crippen molar-refractivity contribution in [2.45, 2.75) is 18.4 Å². The molecule has 0 bridgehead atoms. The van der Waals surface area contributed by atoms with E-state index in [2.05, 4.69) is 17.9 Å². The molecule has 4 nitrogen and oxygen atoms in total. The van der Waals surface area contributed by atoms with Gasteiger partial charge in [0.1, 0.15) is 5.54 Å². The van der Waals surface area contributed by atoms with Crippen LogP contribution in [0.3, 0.4) is 0 Å². The lowest BCUT2D eigenvalue weighted by atomic mass is 10.0. The first kappa shape index (κ1) is 8.39. The summed E-state index contributed by atoms with van der Waals surface area (Å²) in [6, 6.07) is 0. The van der Waals surface area contributed by atoms with Crippen LogP contribution < -0.4 is 5.32 Å². The molecule has 1 rings (SSSR count). The summed E-state index contributed by atoms with van der Waals surface area (Å²) in [6.45, 7) is 0. The fraction of sp³-hybridized carbons (Fsp3) is 0.667. The van der Waals surface area contributed by atoms with Crippen molar-refractivity contribution < 1.29 is 14.7 Å². The summed E-state index contributed by atoms with van der Waals surface area (Å²) in [5.41, 5.74) is -1.11. The molecule has 1 fully saturated rings. The van der Waals surface area contributed by atoms with E-state index in [9.17, 15) is 9.59 Å². The Morgan fingerprint density at radius 3 is 2.64 bits per heavy atom. The second kappa shape index (κ2) is 2.73. The number of hydrogen-bond donors (Lipinski definition) is 3. The minimum Gasteiger partial charge on any atom is -0.479 e. The maximum absolute atomic E-state index is 10.7. The predicted octanol–water partition coefficient (Wildman–Crippen LogP) is -0.350. The quantitative estimate of drug-likeness (QED) is 0.502. The van der Waals surface area contributed by atoms with E-state index >= 15 is 0 Å². The Morgan fingerprint density at radius 2 is 2.45 bits per heavy atom. The maximum Gasteiger partial charge on any atom is 0.330 e. The first-order valence-corrected chi connectivity index (χ1v) is 3.89. The van der Waals surface area contributed by atoms with Crippen LogP contribution in [0, 0.1) is 0 Å². The van der Waals surface area contributed by atoms with Crippen LogP contribution in [0.5, 0.6) is 0 Å². The number of nitrogens with one attached hydrogen (secondary N) is 1. The summed E-state index contributed by atoms with van der Waals surface area (Å²) in [4.78, 5) is 21.4. The summed E-state index contributed by atoms with van der Waals surface area (Å²) in [6.07, 6.45) is 0.623. The smallest absolute Gasteiger partial charge is 0.330 e. The molecule has 0 spiro atoms. The summed E-state index contributed by atoms with van der Waals surface area (Å²) >= 11 is 3.89. The van der Waals surface area contributed by atoms with Gasteiger partial charge in [0.2, 0.25) is 5.91 Å². The van der Waals surface area contributed by atoms with Crippen molar-refractivity contribution in [1.29, 1.82) is 0 Å². The Labute approximate surface area is 69.4 Å². The molecule has 11 heavy (non-hydrogen) atoms. The lowest BCUT2D eigenvalue weighted by molar-refractivity contribution is -0.144. The zero-order valence-corrected chi connectivity index (χ0v) is 6.73. The molecule has 0 aromatic rings. The average molecular weight is 175 g/mol. The van der Waals surface area contributed by atoms with Crippen LogP contribution in [-0.4, -0.2) is 28.3 Å². The van der Waals surface area contributed by atoms with Gasteiger partial charge < -0.3 is 10.4 Å². The SMILES string of the molecule is O=C1CCC(CS)(C(=O)O)N1. The van der Waals surface area contributed by atoms with E-state index in [0.717, 1.165) is 0 Å². The zero-order chi connectivity index (χ0) is 8.48. The minimum absolute atomic E-state index is 0.147. The molecule has 0 saturated carbocycles. The highest BCUT2D eigenvalue weighted by Gasteiger charge is 2.43. The molecular formula is C6H9NO3S. The predicted molar refractivity (Wildman–Crippen MR) is 41.6 cm³/mol. The van der Waals surface area contributed by atoms with Crippen molar-refractivity contribution in [2.24, 2.45) is 0 Å². The molecule has 5 heteroatoms. The molecule has 0 radical (unpaired) electrons. The second-order valence-electron chi connectivity index (χ2n) is 2.59. The lowest BCUT2D eigenvalue weighted by Gasteiger charge is -2.20. The van der Waals surface area contributed by atoms with Crippen molar-refractivity contribution in [3.63, 3.8) is 0 Å². The number of rotatable bonds is 2. The topological polar surface area (TPSA) is 66.4 Å². The molecule has 1 atom stereocenters. The highest BCUT2D eigenvalue weighted by molar-refractivity contribution is 7.80. The van der Waals surface area contributed by atoms with Gasteiger partial charge in [-0.05, 0) is 6.42 Å². The summed E-state index contributed by atoms with van der Waals surface area (Å²) < 4.78 is 0. The molecule has 62 valence electrons. The van der Waals surface area contributed by atoms with Gasteiger partial charge >= 0.3 is 5.97 Å². The van der Waals surface area contributed by atoms with Crippen LogP contribution in [0.4, 0.5) is 0 Å². The highest BCUT2D eigenvalue weighted by Crippen LogP contribution is 2.21. The number of carboxylic acid groups (broad SMARTS) is 1. The largest absolute Gasteiger partial charge is 0.479 e. The summed E-state index contributed by atoms with van der Waals surface area (Å²) in [7, 11) is 0. The van der Waals surface area contributed by atoms with Crippen LogP contribution >= 0.6 is 12.6 Å². The first-order chi connectivity index (χ1) is 5.10. The van der Waals surface area contributed by atoms with Gasteiger partial charge in [0, 0.05) is 12.2 Å². The van der Waals surface area contributed by atoms with E-state index in [0.29, 0.717) is 6.42 Å². The van der Waals surface area contributed by atoms with E-state index < -0.39 is 11.5 Å². The van der Waals surface area contributed by atoms with Crippen molar-refractivity contribution in [2.75, 3.05) is 5.75 Å². The van der Waals surface area contributed by atoms with Crippen LogP contribution in [0.2, 0.25) is 0 Å². The fourth-order valence-corrected chi connectivity index (χ4v) is 1.44. The monoisotopic (exact) mass is 175 g/mol. The van der Waals surface area contributed by atoms with E-state index in [4.69, 9.17) is 5.11 Å². The molecule has 1 heterocycles. The third kappa shape index (κ3) is 1.33. The molecule has 2 N–H and O–H groups in total. The number of carbonyl (C=O) groups is 2. The third-order valence-electron chi connectivity index (χ3n) is 1.84. The van der Waals surface area contributed by atoms with Gasteiger partial charge in [-0.3, -0.25) is 4.79 Å². The molecule has 0 aromatic carbocycles. The molecule has 1 aliphatic heterocycles. The van der Waals surface area contributed by atoms with Gasteiger partial charge in [-0.1, -0.05) is 0 Å². The van der Waals surface area contributed by atoms with Crippen LogP contribution in [0.1, 0.15) is 12.8 Å². The number of carbonyl (C=O) groups excluding carboxylic acids is 1. The lowest BCUT2D eigenvalue weighted by Crippen LogP contribution is -2.50. The Kier molecular flexibility index (Phi) is 2.08. The molecule has 1 saturated heterocycles. The third-order valence-corrected chi connectivity index (χ3v) is 2.38. The van der Waals surface area contributed by atoms with Gasteiger partial charge in [0.25, 0.3) is 0 Å². The standard InChI is InChI=1S/C6H9NO3S/c8-4-1-2-6(3-11,7-4)5(9)10/h11H,1-3H2,(H,7,8)(H,9,10). The van der Waals surface area contributed by atoms with E-state index in [-0.39, 0.29) is 18.1 Å². The fourth-order valence-electron chi connectivity index (χ4n) is 1.07. The van der Waals surface area contributed by atoms with E-state index in [1.54, 1.807) is 0 Å². The molecule has 1 aliphatic rings. The zero-order valence-electron chi connectivity index (χ0n) is 5.83. The van der Waals surface area contributed by atoms with Crippen molar-refractivity contribution in [1.82, 2.24) is 5.32 Å². The molecule has 1 amide bonds. The van der Waals surface area contributed by atoms with Gasteiger partial charge in [-0.15, -0.1) is 0 Å². The van der Waals surface area contributed by atoms with Crippen LogP contribution in [0.15, 0.2) is 0 Å². The normalized spacial score (nSPS) is 30.1. The van der Waals surface area contributed by atoms with Crippen molar-refractivity contribution >= 4 is 24.5 Å². The minimum atomic E-state index is -1.11. The van der Waals surface area contributed by atoms with Crippen molar-refractivity contribution in [3.8, 4) is 0 Å². The number of amides is 1. The molecule has 0 aromatic heterocycles. The Bertz CT molecular complexity index is 206. The molecule has 1 unspecified atom stereocenters. The molecule has 0 aliphatic carbocycles. The average Bonchev–Trinajstić information content (AvgIpc) is 2.33. The van der Waals surface area contributed by atoms with E-state index in [1.807, 2.05) is 0 Å². The van der Waals surface area contributed by atoms with Crippen molar-refractivity contribution in [3.05, 3.63) is 0 Å². The number of thiol groups is 1. The van der Waals surface area contributed by atoms with E-state index in [1.165, 1.54) is 0 Å². The van der Waals surface area contributed by atoms with Gasteiger partial charge in [-0.25, -0.2) is 4.79 Å². The summed E-state index contributed by atoms with van der Waals surface area (Å²) in [5.74, 6) is -1.06. The van der Waals surface area contributed by atoms with Gasteiger partial charge in [0.05, 0.1) is 0 Å². The maximum atomic E-state index is 10.7. The van der Waals surface area contributed by atoms with Crippen LogP contribution in [-0.2, 0) is 9.59 Å². The number of carboxylic acids is 1. The Balaban J connectivity index is 2.78. The number of hydrogen-bond acceptors (Lipinski definition) is 3. The molecular weight excluding hydrogens is 166 g/mol. The van der Waals surface area contributed by atoms with Gasteiger partial charge in [0.15, 0.2) is 0 Å². The first-order valence-electron chi connectivity index (χ1n) is 3.26. The second-order valence-corrected chi connectivity index (χ2v) is 2.91. The summed E-state index contributed by atoms with van der Waals surface area (Å²) in [5, 5.41) is 11.1. The van der Waals surface area contributed by atoms with Crippen LogP contribution in [0.25, 0.3) is 0 Å². The number of aliphatic carboxylic acids is 1.